The molecular formula is C24H26ClN3O4. The first-order valence-corrected chi connectivity index (χ1v) is 10.9. The Hall–Kier alpha value is -3.32. The predicted octanol–water partition coefficient (Wildman–Crippen LogP) is 4.91. The van der Waals surface area contributed by atoms with Gasteiger partial charge in [-0.05, 0) is 50.1 Å². The highest BCUT2D eigenvalue weighted by Gasteiger charge is 2.36. The van der Waals surface area contributed by atoms with Gasteiger partial charge in [-0.2, -0.15) is 0 Å². The zero-order chi connectivity index (χ0) is 23.3. The van der Waals surface area contributed by atoms with Gasteiger partial charge in [0, 0.05) is 17.9 Å². The number of carbonyl (C=O) groups excluding carboxylic acids is 3. The summed E-state index contributed by atoms with van der Waals surface area (Å²) >= 11 is 6.12. The number of hydrogen-bond donors (Lipinski definition) is 2. The van der Waals surface area contributed by atoms with Crippen LogP contribution in [0, 0.1) is 0 Å². The van der Waals surface area contributed by atoms with Crippen molar-refractivity contribution in [1.29, 1.82) is 0 Å². The molecule has 0 saturated heterocycles. The molecule has 1 aliphatic rings. The molecule has 0 aliphatic carbocycles. The number of halogens is 1. The third-order valence-electron chi connectivity index (χ3n) is 5.14. The molecule has 2 N–H and O–H groups in total. The first-order chi connectivity index (χ1) is 15.4. The number of benzene rings is 2. The van der Waals surface area contributed by atoms with Gasteiger partial charge in [-0.15, -0.1) is 0 Å². The van der Waals surface area contributed by atoms with E-state index in [1.165, 1.54) is 0 Å². The van der Waals surface area contributed by atoms with E-state index >= 15 is 0 Å². The number of rotatable bonds is 7. The molecular weight excluding hydrogens is 430 g/mol. The minimum atomic E-state index is -0.702. The third-order valence-corrected chi connectivity index (χ3v) is 5.46. The van der Waals surface area contributed by atoms with Crippen molar-refractivity contribution in [2.45, 2.75) is 33.2 Å². The SMILES string of the molecule is CCCN1C(=O)NC(c2cccc(NC(=O)c3ccccc3Cl)c2)C(C(=O)OCC)=C1C. The van der Waals surface area contributed by atoms with Crippen LogP contribution in [0.3, 0.4) is 0 Å². The maximum Gasteiger partial charge on any atom is 0.338 e. The van der Waals surface area contributed by atoms with Crippen molar-refractivity contribution in [2.24, 2.45) is 0 Å². The molecule has 2 aromatic carbocycles. The molecule has 3 rings (SSSR count). The standard InChI is InChI=1S/C24H26ClN3O4/c1-4-13-28-15(3)20(23(30)32-5-2)21(27-24(28)31)16-9-8-10-17(14-16)26-22(29)18-11-6-7-12-19(18)25/h6-12,14,21H,4-5,13H2,1-3H3,(H,26,29)(H,27,31). The lowest BCUT2D eigenvalue weighted by atomic mass is 9.94. The zero-order valence-electron chi connectivity index (χ0n) is 18.3. The molecule has 0 saturated carbocycles. The Bertz CT molecular complexity index is 1070. The second-order valence-electron chi connectivity index (χ2n) is 7.31. The van der Waals surface area contributed by atoms with Gasteiger partial charge in [0.25, 0.3) is 5.91 Å². The molecule has 1 aliphatic heterocycles. The summed E-state index contributed by atoms with van der Waals surface area (Å²) in [5.74, 6) is -0.839. The molecule has 0 radical (unpaired) electrons. The fraction of sp³-hybridized carbons (Fsp3) is 0.292. The molecule has 1 atom stereocenters. The summed E-state index contributed by atoms with van der Waals surface area (Å²) < 4.78 is 5.27. The van der Waals surface area contributed by atoms with E-state index in [1.54, 1.807) is 67.3 Å². The quantitative estimate of drug-likeness (QED) is 0.581. The van der Waals surface area contributed by atoms with Crippen LogP contribution in [0.1, 0.15) is 49.2 Å². The summed E-state index contributed by atoms with van der Waals surface area (Å²) in [6, 6.07) is 12.8. The number of esters is 1. The number of ether oxygens (including phenoxy) is 1. The molecule has 7 nitrogen and oxygen atoms in total. The molecule has 0 aromatic heterocycles. The van der Waals surface area contributed by atoms with E-state index in [2.05, 4.69) is 10.6 Å². The fourth-order valence-electron chi connectivity index (χ4n) is 3.64. The molecule has 0 bridgehead atoms. The maximum absolute atomic E-state index is 12.8. The van der Waals surface area contributed by atoms with Crippen molar-refractivity contribution in [3.8, 4) is 0 Å². The highest BCUT2D eigenvalue weighted by molar-refractivity contribution is 6.34. The molecule has 3 amide bonds. The van der Waals surface area contributed by atoms with Gasteiger partial charge in [0.05, 0.1) is 28.8 Å². The average molecular weight is 456 g/mol. The highest BCUT2D eigenvalue weighted by Crippen LogP contribution is 2.32. The number of anilines is 1. The number of nitrogens with one attached hydrogen (secondary N) is 2. The predicted molar refractivity (Wildman–Crippen MR) is 123 cm³/mol. The van der Waals surface area contributed by atoms with Gasteiger partial charge in [0.15, 0.2) is 0 Å². The lowest BCUT2D eigenvalue weighted by Gasteiger charge is -2.35. The zero-order valence-corrected chi connectivity index (χ0v) is 19.0. The second-order valence-corrected chi connectivity index (χ2v) is 7.72. The van der Waals surface area contributed by atoms with Crippen molar-refractivity contribution in [3.63, 3.8) is 0 Å². The van der Waals surface area contributed by atoms with Gasteiger partial charge in [0.2, 0.25) is 0 Å². The summed E-state index contributed by atoms with van der Waals surface area (Å²) in [4.78, 5) is 39.7. The molecule has 1 unspecified atom stereocenters. The van der Waals surface area contributed by atoms with E-state index in [0.29, 0.717) is 39.7 Å². The Kier molecular flexibility index (Phi) is 7.53. The Balaban J connectivity index is 1.95. The van der Waals surface area contributed by atoms with Crippen molar-refractivity contribution in [1.82, 2.24) is 10.2 Å². The van der Waals surface area contributed by atoms with Crippen LogP contribution in [0.25, 0.3) is 0 Å². The topological polar surface area (TPSA) is 87.7 Å². The van der Waals surface area contributed by atoms with Crippen LogP contribution < -0.4 is 10.6 Å². The van der Waals surface area contributed by atoms with Crippen molar-refractivity contribution >= 4 is 35.2 Å². The van der Waals surface area contributed by atoms with Crippen LogP contribution in [0.15, 0.2) is 59.8 Å². The minimum absolute atomic E-state index is 0.220. The van der Waals surface area contributed by atoms with Crippen LogP contribution >= 0.6 is 11.6 Å². The van der Waals surface area contributed by atoms with Gasteiger partial charge < -0.3 is 15.4 Å². The number of urea groups is 1. The van der Waals surface area contributed by atoms with Crippen LogP contribution in [-0.2, 0) is 9.53 Å². The minimum Gasteiger partial charge on any atom is -0.463 e. The lowest BCUT2D eigenvalue weighted by molar-refractivity contribution is -0.139. The number of nitrogens with zero attached hydrogens (tertiary/aromatic N) is 1. The molecule has 32 heavy (non-hydrogen) atoms. The van der Waals surface area contributed by atoms with Crippen LogP contribution in [0.5, 0.6) is 0 Å². The first kappa shape index (κ1) is 23.3. The van der Waals surface area contributed by atoms with Crippen molar-refractivity contribution in [2.75, 3.05) is 18.5 Å². The summed E-state index contributed by atoms with van der Waals surface area (Å²) in [5.41, 5.74) is 2.44. The molecule has 0 fully saturated rings. The smallest absolute Gasteiger partial charge is 0.338 e. The summed E-state index contributed by atoms with van der Waals surface area (Å²) in [7, 11) is 0. The molecule has 2 aromatic rings. The molecule has 0 spiro atoms. The first-order valence-electron chi connectivity index (χ1n) is 10.5. The van der Waals surface area contributed by atoms with Gasteiger partial charge in [-0.25, -0.2) is 9.59 Å². The van der Waals surface area contributed by atoms with Gasteiger partial charge in [-0.3, -0.25) is 9.69 Å². The van der Waals surface area contributed by atoms with Crippen LogP contribution in [0.2, 0.25) is 5.02 Å². The van der Waals surface area contributed by atoms with Gasteiger partial charge in [-0.1, -0.05) is 42.8 Å². The van der Waals surface area contributed by atoms with Gasteiger partial charge in [0.1, 0.15) is 0 Å². The normalized spacial score (nSPS) is 15.9. The van der Waals surface area contributed by atoms with E-state index in [4.69, 9.17) is 16.3 Å². The van der Waals surface area contributed by atoms with Crippen molar-refractivity contribution < 1.29 is 19.1 Å². The Morgan fingerprint density at radius 3 is 2.59 bits per heavy atom. The Morgan fingerprint density at radius 2 is 1.91 bits per heavy atom. The van der Waals surface area contributed by atoms with Crippen LogP contribution in [-0.4, -0.2) is 36.0 Å². The average Bonchev–Trinajstić information content (AvgIpc) is 2.76. The summed E-state index contributed by atoms with van der Waals surface area (Å²) in [6.07, 6.45) is 0.745. The monoisotopic (exact) mass is 455 g/mol. The van der Waals surface area contributed by atoms with E-state index in [0.717, 1.165) is 6.42 Å². The molecule has 8 heteroatoms. The van der Waals surface area contributed by atoms with E-state index in [1.807, 2.05) is 6.92 Å². The fourth-order valence-corrected chi connectivity index (χ4v) is 3.86. The largest absolute Gasteiger partial charge is 0.463 e. The van der Waals surface area contributed by atoms with E-state index in [-0.39, 0.29) is 18.5 Å². The van der Waals surface area contributed by atoms with E-state index < -0.39 is 12.0 Å². The van der Waals surface area contributed by atoms with Gasteiger partial charge >= 0.3 is 12.0 Å². The molecule has 1 heterocycles. The second kappa shape index (κ2) is 10.3. The summed E-state index contributed by atoms with van der Waals surface area (Å²) in [5, 5.41) is 6.07. The van der Waals surface area contributed by atoms with Crippen LogP contribution in [0.4, 0.5) is 10.5 Å². The maximum atomic E-state index is 12.8. The number of allylic oxidation sites excluding steroid dienone is 1. The number of amides is 3. The van der Waals surface area contributed by atoms with E-state index in [9.17, 15) is 14.4 Å². The number of hydrogen-bond acceptors (Lipinski definition) is 4. The van der Waals surface area contributed by atoms with Crippen molar-refractivity contribution in [3.05, 3.63) is 76.0 Å². The third kappa shape index (κ3) is 4.94. The number of carbonyl (C=O) groups is 3. The molecule has 168 valence electrons. The Morgan fingerprint density at radius 1 is 1.16 bits per heavy atom. The highest BCUT2D eigenvalue weighted by atomic mass is 35.5. The Labute approximate surface area is 192 Å². The lowest BCUT2D eigenvalue weighted by Crippen LogP contribution is -2.48. The summed E-state index contributed by atoms with van der Waals surface area (Å²) in [6.45, 7) is 6.15.